The fourth-order valence-electron chi connectivity index (χ4n) is 3.05. The Morgan fingerprint density at radius 1 is 1.07 bits per heavy atom. The Labute approximate surface area is 173 Å². The van der Waals surface area contributed by atoms with E-state index < -0.39 is 5.97 Å². The van der Waals surface area contributed by atoms with E-state index in [4.69, 9.17) is 11.6 Å². The summed E-state index contributed by atoms with van der Waals surface area (Å²) in [5.74, 6) is -1.76. The highest BCUT2D eigenvalue weighted by molar-refractivity contribution is 6.35. The summed E-state index contributed by atoms with van der Waals surface area (Å²) in [6.45, 7) is 3.56. The van der Waals surface area contributed by atoms with Crippen molar-refractivity contribution in [3.05, 3.63) is 93.3 Å². The van der Waals surface area contributed by atoms with E-state index >= 15 is 0 Å². The van der Waals surface area contributed by atoms with Crippen LogP contribution in [0.2, 0.25) is 5.02 Å². The van der Waals surface area contributed by atoms with Crippen LogP contribution in [0.15, 0.2) is 54.6 Å². The molecule has 0 unspecified atom stereocenters. The molecule has 3 aromatic carbocycles. The predicted molar refractivity (Wildman–Crippen MR) is 112 cm³/mol. The van der Waals surface area contributed by atoms with Gasteiger partial charge in [-0.05, 0) is 61.4 Å². The van der Waals surface area contributed by atoms with Crippen LogP contribution < -0.4 is 5.32 Å². The quantitative estimate of drug-likeness (QED) is 0.486. The van der Waals surface area contributed by atoms with Gasteiger partial charge in [0, 0.05) is 28.1 Å². The van der Waals surface area contributed by atoms with Gasteiger partial charge >= 0.3 is 5.97 Å². The first-order valence-electron chi connectivity index (χ1n) is 9.04. The zero-order valence-corrected chi connectivity index (χ0v) is 16.7. The van der Waals surface area contributed by atoms with Crippen LogP contribution in [0.1, 0.15) is 44.3 Å². The Balaban J connectivity index is 1.94. The smallest absolute Gasteiger partial charge is 0.335 e. The molecule has 3 rings (SSSR count). The average Bonchev–Trinajstić information content (AvgIpc) is 2.70. The summed E-state index contributed by atoms with van der Waals surface area (Å²) in [7, 11) is 0. The lowest BCUT2D eigenvalue weighted by Gasteiger charge is -2.13. The number of nitrogens with one attached hydrogen (secondary N) is 1. The molecular weight excluding hydrogens is 393 g/mol. The molecule has 0 aliphatic carbocycles. The van der Waals surface area contributed by atoms with Crippen LogP contribution in [-0.4, -0.2) is 16.9 Å². The van der Waals surface area contributed by atoms with E-state index in [0.29, 0.717) is 28.9 Å². The number of ketones is 1. The van der Waals surface area contributed by atoms with Crippen molar-refractivity contribution in [2.24, 2.45) is 0 Å². The van der Waals surface area contributed by atoms with Crippen molar-refractivity contribution in [3.63, 3.8) is 0 Å². The van der Waals surface area contributed by atoms with Crippen LogP contribution in [0.3, 0.4) is 0 Å². The summed E-state index contributed by atoms with van der Waals surface area (Å²) in [4.78, 5) is 24.3. The van der Waals surface area contributed by atoms with Crippen LogP contribution in [0.25, 0.3) is 0 Å². The van der Waals surface area contributed by atoms with Crippen molar-refractivity contribution in [3.8, 4) is 0 Å². The summed E-state index contributed by atoms with van der Waals surface area (Å²) in [6, 6.07) is 14.1. The number of hydrogen-bond acceptors (Lipinski definition) is 3. The summed E-state index contributed by atoms with van der Waals surface area (Å²) < 4.78 is 13.7. The van der Waals surface area contributed by atoms with E-state index in [2.05, 4.69) is 5.32 Å². The molecule has 0 aliphatic rings. The maximum atomic E-state index is 13.7. The molecule has 0 radical (unpaired) electrons. The molecule has 0 amide bonds. The van der Waals surface area contributed by atoms with Gasteiger partial charge in [-0.1, -0.05) is 30.7 Å². The van der Waals surface area contributed by atoms with Crippen molar-refractivity contribution in [1.82, 2.24) is 0 Å². The monoisotopic (exact) mass is 411 g/mol. The van der Waals surface area contributed by atoms with Gasteiger partial charge in [0.05, 0.1) is 10.6 Å². The molecular formula is C23H19ClFNO3. The molecule has 0 saturated carbocycles. The minimum Gasteiger partial charge on any atom is -0.478 e. The third-order valence-corrected chi connectivity index (χ3v) is 5.06. The molecule has 0 aromatic heterocycles. The summed E-state index contributed by atoms with van der Waals surface area (Å²) in [5.41, 5.74) is 3.05. The highest BCUT2D eigenvalue weighted by Gasteiger charge is 2.18. The molecule has 29 heavy (non-hydrogen) atoms. The first-order chi connectivity index (χ1) is 13.8. The predicted octanol–water partition coefficient (Wildman–Crippen LogP) is 6.02. The number of aryl methyl sites for hydroxylation is 1. The third-order valence-electron chi connectivity index (χ3n) is 4.74. The van der Waals surface area contributed by atoms with E-state index in [0.717, 1.165) is 5.56 Å². The zero-order chi connectivity index (χ0) is 21.1. The largest absolute Gasteiger partial charge is 0.478 e. The van der Waals surface area contributed by atoms with Gasteiger partial charge in [-0.3, -0.25) is 4.79 Å². The average molecular weight is 412 g/mol. The molecule has 0 heterocycles. The molecule has 4 nitrogen and oxygen atoms in total. The van der Waals surface area contributed by atoms with Gasteiger partial charge < -0.3 is 10.4 Å². The van der Waals surface area contributed by atoms with Gasteiger partial charge in [-0.2, -0.15) is 0 Å². The number of carboxylic acid groups (broad SMARTS) is 1. The molecule has 6 heteroatoms. The number of halogens is 2. The summed E-state index contributed by atoms with van der Waals surface area (Å²) in [6.07, 6.45) is 0.580. The van der Waals surface area contributed by atoms with Crippen LogP contribution in [0.4, 0.5) is 15.8 Å². The van der Waals surface area contributed by atoms with Crippen molar-refractivity contribution in [2.45, 2.75) is 20.3 Å². The maximum Gasteiger partial charge on any atom is 0.335 e. The normalized spacial score (nSPS) is 10.6. The molecule has 0 fully saturated rings. The molecule has 0 saturated heterocycles. The fraction of sp³-hybridized carbons (Fsp3) is 0.130. The lowest BCUT2D eigenvalue weighted by atomic mass is 9.94. The second-order valence-corrected chi connectivity index (χ2v) is 7.00. The topological polar surface area (TPSA) is 66.4 Å². The van der Waals surface area contributed by atoms with E-state index in [9.17, 15) is 19.1 Å². The van der Waals surface area contributed by atoms with E-state index in [-0.39, 0.29) is 27.8 Å². The Morgan fingerprint density at radius 3 is 2.48 bits per heavy atom. The lowest BCUT2D eigenvalue weighted by molar-refractivity contribution is 0.0697. The van der Waals surface area contributed by atoms with Crippen LogP contribution in [0.5, 0.6) is 0 Å². The van der Waals surface area contributed by atoms with Crippen LogP contribution >= 0.6 is 11.6 Å². The number of hydrogen-bond donors (Lipinski definition) is 2. The number of carbonyl (C=O) groups is 2. The Morgan fingerprint density at radius 2 is 1.83 bits per heavy atom. The SMILES string of the molecule is CCc1ccc(C(=O)O)cc1C(=O)c1ccc(Nc2cccc(F)c2C)cc1Cl. The van der Waals surface area contributed by atoms with Crippen LogP contribution in [-0.2, 0) is 6.42 Å². The lowest BCUT2D eigenvalue weighted by Crippen LogP contribution is -2.09. The maximum absolute atomic E-state index is 13.7. The first kappa shape index (κ1) is 20.6. The third kappa shape index (κ3) is 4.30. The second-order valence-electron chi connectivity index (χ2n) is 6.59. The number of carbonyl (C=O) groups excluding carboxylic acids is 1. The van der Waals surface area contributed by atoms with Gasteiger partial charge in [0.25, 0.3) is 0 Å². The summed E-state index contributed by atoms with van der Waals surface area (Å²) >= 11 is 6.36. The van der Waals surface area contributed by atoms with Gasteiger partial charge in [-0.25, -0.2) is 9.18 Å². The molecule has 2 N–H and O–H groups in total. The summed E-state index contributed by atoms with van der Waals surface area (Å²) in [5, 5.41) is 12.5. The van der Waals surface area contributed by atoms with Crippen molar-refractivity contribution in [2.75, 3.05) is 5.32 Å². The number of aromatic carboxylic acids is 1. The van der Waals surface area contributed by atoms with Crippen molar-refractivity contribution >= 4 is 34.7 Å². The Bertz CT molecular complexity index is 1110. The minimum absolute atomic E-state index is 0.0431. The zero-order valence-electron chi connectivity index (χ0n) is 15.9. The van der Waals surface area contributed by atoms with E-state index in [1.807, 2.05) is 6.92 Å². The Hall–Kier alpha value is -3.18. The van der Waals surface area contributed by atoms with Gasteiger partial charge in [-0.15, -0.1) is 0 Å². The highest BCUT2D eigenvalue weighted by atomic mass is 35.5. The van der Waals surface area contributed by atoms with Gasteiger partial charge in [0.15, 0.2) is 5.78 Å². The molecule has 0 bridgehead atoms. The number of anilines is 2. The Kier molecular flexibility index (Phi) is 5.99. The van der Waals surface area contributed by atoms with E-state index in [1.54, 1.807) is 43.3 Å². The van der Waals surface area contributed by atoms with Gasteiger partial charge in [0.1, 0.15) is 5.82 Å². The second kappa shape index (κ2) is 8.45. The highest BCUT2D eigenvalue weighted by Crippen LogP contribution is 2.28. The molecule has 0 atom stereocenters. The number of rotatable bonds is 6. The molecule has 0 aliphatic heterocycles. The molecule has 3 aromatic rings. The minimum atomic E-state index is -1.10. The first-order valence-corrected chi connectivity index (χ1v) is 9.42. The van der Waals surface area contributed by atoms with Crippen LogP contribution in [0, 0.1) is 12.7 Å². The fourth-order valence-corrected chi connectivity index (χ4v) is 3.32. The number of benzene rings is 3. The van der Waals surface area contributed by atoms with Crippen molar-refractivity contribution in [1.29, 1.82) is 0 Å². The van der Waals surface area contributed by atoms with Crippen molar-refractivity contribution < 1.29 is 19.1 Å². The number of carboxylic acids is 1. The van der Waals surface area contributed by atoms with Gasteiger partial charge in [0.2, 0.25) is 0 Å². The standard InChI is InChI=1S/C23H19ClFNO3/c1-3-14-7-8-15(23(28)29)11-18(14)22(27)17-10-9-16(12-19(17)24)26-21-6-4-5-20(25)13(21)2/h4-12,26H,3H2,1-2H3,(H,28,29). The molecule has 148 valence electrons. The van der Waals surface area contributed by atoms with E-state index in [1.165, 1.54) is 18.2 Å². The molecule has 0 spiro atoms.